The van der Waals surface area contributed by atoms with E-state index in [1.165, 1.54) is 11.8 Å². The van der Waals surface area contributed by atoms with Crippen LogP contribution in [0.3, 0.4) is 0 Å². The van der Waals surface area contributed by atoms with Gasteiger partial charge in [-0.1, -0.05) is 34.6 Å². The van der Waals surface area contributed by atoms with Crippen molar-refractivity contribution in [2.24, 2.45) is 0 Å². The zero-order valence-electron chi connectivity index (χ0n) is 8.44. The molecule has 0 aliphatic heterocycles. The van der Waals surface area contributed by atoms with Crippen LogP contribution in [0.1, 0.15) is 13.3 Å². The predicted molar refractivity (Wildman–Crippen MR) is 63.7 cm³/mol. The van der Waals surface area contributed by atoms with Gasteiger partial charge in [0.15, 0.2) is 5.16 Å². The van der Waals surface area contributed by atoms with Crippen molar-refractivity contribution in [2.45, 2.75) is 31.1 Å². The first-order valence-corrected chi connectivity index (χ1v) is 6.81. The molecule has 0 aromatic carbocycles. The van der Waals surface area contributed by atoms with Gasteiger partial charge in [-0.2, -0.15) is 0 Å². The summed E-state index contributed by atoms with van der Waals surface area (Å²) >= 11 is 4.56. The molecule has 0 fully saturated rings. The number of halogens is 1. The summed E-state index contributed by atoms with van der Waals surface area (Å²) in [5, 5.41) is 16.8. The lowest BCUT2D eigenvalue weighted by atomic mass is 10.5. The second-order valence-electron chi connectivity index (χ2n) is 3.08. The van der Waals surface area contributed by atoms with Crippen LogP contribution in [-0.4, -0.2) is 37.1 Å². The lowest BCUT2D eigenvalue weighted by Crippen LogP contribution is -2.18. The third kappa shape index (κ3) is 3.66. The van der Waals surface area contributed by atoms with E-state index >= 15 is 0 Å². The summed E-state index contributed by atoms with van der Waals surface area (Å²) in [7, 11) is 0. The number of alkyl halides is 1. The first-order chi connectivity index (χ1) is 7.19. The molecule has 5 nitrogen and oxygen atoms in total. The largest absolute Gasteiger partial charge is 0.391 e. The molecule has 1 aromatic heterocycles. The third-order valence-corrected chi connectivity index (χ3v) is 3.62. The number of nitrogens with one attached hydrogen (secondary N) is 1. The quantitative estimate of drug-likeness (QED) is 0.602. The van der Waals surface area contributed by atoms with Crippen LogP contribution in [0.25, 0.3) is 0 Å². The van der Waals surface area contributed by atoms with E-state index in [9.17, 15) is 9.90 Å². The summed E-state index contributed by atoms with van der Waals surface area (Å²) in [6.45, 7) is 2.66. The van der Waals surface area contributed by atoms with Gasteiger partial charge in [-0.15, -0.1) is 5.10 Å². The molecule has 0 saturated heterocycles. The van der Waals surface area contributed by atoms with Gasteiger partial charge in [-0.05, 0) is 6.42 Å². The van der Waals surface area contributed by atoms with Crippen molar-refractivity contribution in [3.63, 3.8) is 0 Å². The van der Waals surface area contributed by atoms with Gasteiger partial charge in [0.1, 0.15) is 0 Å². The van der Waals surface area contributed by atoms with Crippen molar-refractivity contribution in [1.29, 1.82) is 0 Å². The number of nitrogens with zero attached hydrogens (tertiary/aromatic N) is 2. The number of aliphatic hydroxyl groups is 1. The van der Waals surface area contributed by atoms with Gasteiger partial charge in [-0.25, -0.2) is 9.89 Å². The molecule has 0 spiro atoms. The highest BCUT2D eigenvalue weighted by Crippen LogP contribution is 2.15. The number of hydrogen-bond donors (Lipinski definition) is 2. The van der Waals surface area contributed by atoms with Gasteiger partial charge >= 0.3 is 5.69 Å². The minimum atomic E-state index is -0.420. The number of H-pyrrole nitrogens is 1. The van der Waals surface area contributed by atoms with E-state index in [4.69, 9.17) is 0 Å². The second kappa shape index (κ2) is 6.34. The number of hydrogen-bond acceptors (Lipinski definition) is 4. The average Bonchev–Trinajstić information content (AvgIpc) is 2.58. The molecular formula is C8H14BrN3O2S. The van der Waals surface area contributed by atoms with Crippen molar-refractivity contribution in [3.05, 3.63) is 10.5 Å². The maximum Gasteiger partial charge on any atom is 0.343 e. The molecule has 0 aliphatic carbocycles. The average molecular weight is 296 g/mol. The van der Waals surface area contributed by atoms with E-state index in [0.29, 0.717) is 22.8 Å². The molecule has 1 heterocycles. The first kappa shape index (κ1) is 12.8. The molecule has 1 aromatic rings. The molecule has 15 heavy (non-hydrogen) atoms. The van der Waals surface area contributed by atoms with Crippen LogP contribution in [0, 0.1) is 0 Å². The van der Waals surface area contributed by atoms with E-state index in [1.807, 2.05) is 6.92 Å². The van der Waals surface area contributed by atoms with E-state index in [0.717, 1.165) is 6.42 Å². The zero-order chi connectivity index (χ0) is 11.3. The fourth-order valence-electron chi connectivity index (χ4n) is 1.05. The van der Waals surface area contributed by atoms with Crippen LogP contribution < -0.4 is 5.69 Å². The van der Waals surface area contributed by atoms with Gasteiger partial charge < -0.3 is 5.11 Å². The number of rotatable bonds is 6. The predicted octanol–water partition coefficient (Wildman–Crippen LogP) is 0.829. The smallest absolute Gasteiger partial charge is 0.343 e. The number of aromatic amines is 1. The van der Waals surface area contributed by atoms with Gasteiger partial charge in [0, 0.05) is 17.6 Å². The summed E-state index contributed by atoms with van der Waals surface area (Å²) in [5.74, 6) is 0.527. The Bertz CT molecular complexity index is 352. The minimum absolute atomic E-state index is 0.187. The van der Waals surface area contributed by atoms with E-state index < -0.39 is 6.10 Å². The molecule has 1 atom stereocenters. The van der Waals surface area contributed by atoms with Gasteiger partial charge in [0.05, 0.1) is 6.10 Å². The standard InChI is InChI=1S/C8H14BrN3O2S/c1-2-3-12-7(14)10-11-8(12)15-5-6(13)4-9/h6,13H,2-5H2,1H3,(H,10,14). The molecule has 0 radical (unpaired) electrons. The Labute approximate surface area is 100 Å². The number of aliphatic hydroxyl groups excluding tert-OH is 1. The normalized spacial score (nSPS) is 13.0. The van der Waals surface area contributed by atoms with E-state index in [2.05, 4.69) is 26.1 Å². The fraction of sp³-hybridized carbons (Fsp3) is 0.750. The summed E-state index contributed by atoms with van der Waals surface area (Å²) in [5.41, 5.74) is -0.187. The highest BCUT2D eigenvalue weighted by molar-refractivity contribution is 9.09. The van der Waals surface area contributed by atoms with Crippen molar-refractivity contribution in [2.75, 3.05) is 11.1 Å². The Morgan fingerprint density at radius 2 is 2.47 bits per heavy atom. The second-order valence-corrected chi connectivity index (χ2v) is 4.72. The molecule has 7 heteroatoms. The monoisotopic (exact) mass is 295 g/mol. The van der Waals surface area contributed by atoms with Crippen molar-refractivity contribution in [1.82, 2.24) is 14.8 Å². The summed E-state index contributed by atoms with van der Waals surface area (Å²) in [6.07, 6.45) is 0.463. The van der Waals surface area contributed by atoms with Crippen LogP contribution in [0.2, 0.25) is 0 Å². The van der Waals surface area contributed by atoms with Gasteiger partial charge in [-0.3, -0.25) is 4.57 Å². The summed E-state index contributed by atoms with van der Waals surface area (Å²) in [4.78, 5) is 11.3. The fourth-order valence-corrected chi connectivity index (χ4v) is 2.48. The van der Waals surface area contributed by atoms with E-state index in [1.54, 1.807) is 4.57 Å². The van der Waals surface area contributed by atoms with Crippen molar-refractivity contribution >= 4 is 27.7 Å². The van der Waals surface area contributed by atoms with E-state index in [-0.39, 0.29) is 5.69 Å². The Balaban J connectivity index is 2.64. The van der Waals surface area contributed by atoms with Gasteiger partial charge in [0.25, 0.3) is 0 Å². The molecule has 0 bridgehead atoms. The summed E-state index contributed by atoms with van der Waals surface area (Å²) in [6, 6.07) is 0. The Kier molecular flexibility index (Phi) is 5.41. The Hall–Kier alpha value is -0.270. The topological polar surface area (TPSA) is 70.9 Å². The van der Waals surface area contributed by atoms with Crippen molar-refractivity contribution < 1.29 is 5.11 Å². The van der Waals surface area contributed by atoms with Gasteiger partial charge in [0.2, 0.25) is 0 Å². The van der Waals surface area contributed by atoms with Crippen LogP contribution in [0.15, 0.2) is 9.95 Å². The minimum Gasteiger partial charge on any atom is -0.391 e. The van der Waals surface area contributed by atoms with Crippen LogP contribution in [-0.2, 0) is 6.54 Å². The van der Waals surface area contributed by atoms with Crippen molar-refractivity contribution in [3.8, 4) is 0 Å². The van der Waals surface area contributed by atoms with Crippen LogP contribution in [0.4, 0.5) is 0 Å². The maximum atomic E-state index is 11.3. The number of aromatic nitrogens is 3. The lowest BCUT2D eigenvalue weighted by molar-refractivity contribution is 0.226. The Morgan fingerprint density at radius 1 is 1.73 bits per heavy atom. The molecule has 1 unspecified atom stereocenters. The Morgan fingerprint density at radius 3 is 3.07 bits per heavy atom. The van der Waals surface area contributed by atoms with Crippen LogP contribution in [0.5, 0.6) is 0 Å². The van der Waals surface area contributed by atoms with Crippen LogP contribution >= 0.6 is 27.7 Å². The SMILES string of the molecule is CCCn1c(SCC(O)CBr)n[nH]c1=O. The third-order valence-electron chi connectivity index (χ3n) is 1.75. The lowest BCUT2D eigenvalue weighted by Gasteiger charge is -2.06. The maximum absolute atomic E-state index is 11.3. The molecular weight excluding hydrogens is 282 g/mol. The zero-order valence-corrected chi connectivity index (χ0v) is 10.8. The molecule has 1 rings (SSSR count). The molecule has 0 saturated carbocycles. The molecule has 0 amide bonds. The number of thioether (sulfide) groups is 1. The summed E-state index contributed by atoms with van der Waals surface area (Å²) < 4.78 is 1.59. The molecule has 2 N–H and O–H groups in total. The molecule has 0 aliphatic rings. The highest BCUT2D eigenvalue weighted by Gasteiger charge is 2.10. The molecule has 86 valence electrons. The first-order valence-electron chi connectivity index (χ1n) is 4.71. The highest BCUT2D eigenvalue weighted by atomic mass is 79.9.